The minimum atomic E-state index is 1.27. The molecule has 0 heterocycles. The number of hydrogen-bond donors (Lipinski definition) is 0. The molecule has 0 bridgehead atoms. The van der Waals surface area contributed by atoms with Crippen LogP contribution in [0.5, 0.6) is 0 Å². The van der Waals surface area contributed by atoms with E-state index in [9.17, 15) is 0 Å². The van der Waals surface area contributed by atoms with Crippen molar-refractivity contribution in [2.75, 3.05) is 0 Å². The minimum Gasteiger partial charge on any atom is -0.0622 e. The van der Waals surface area contributed by atoms with Gasteiger partial charge in [-0.1, -0.05) is 78.4 Å². The summed E-state index contributed by atoms with van der Waals surface area (Å²) in [5.74, 6) is 0. The lowest BCUT2D eigenvalue weighted by Crippen LogP contribution is -1.95. The van der Waals surface area contributed by atoms with Gasteiger partial charge in [0.2, 0.25) is 0 Å². The van der Waals surface area contributed by atoms with E-state index in [1.165, 1.54) is 55.6 Å². The Bertz CT molecular complexity index is 1040. The second kappa shape index (κ2) is 7.48. The van der Waals surface area contributed by atoms with Gasteiger partial charge in [0.25, 0.3) is 0 Å². The van der Waals surface area contributed by atoms with Crippen LogP contribution in [0.4, 0.5) is 0 Å². The first-order chi connectivity index (χ1) is 13.5. The number of hydrogen-bond acceptors (Lipinski definition) is 0. The van der Waals surface area contributed by atoms with Crippen molar-refractivity contribution in [3.63, 3.8) is 0 Å². The zero-order chi connectivity index (χ0) is 19.7. The number of benzene rings is 4. The topological polar surface area (TPSA) is 0 Å². The van der Waals surface area contributed by atoms with Crippen molar-refractivity contribution in [2.45, 2.75) is 27.7 Å². The van der Waals surface area contributed by atoms with Gasteiger partial charge in [-0.25, -0.2) is 0 Å². The molecular formula is C28H26. The molecule has 0 spiro atoms. The summed E-state index contributed by atoms with van der Waals surface area (Å²) in [4.78, 5) is 0. The van der Waals surface area contributed by atoms with E-state index in [2.05, 4.69) is 113 Å². The quantitative estimate of drug-likeness (QED) is 0.347. The summed E-state index contributed by atoms with van der Waals surface area (Å²) in [7, 11) is 0. The standard InChI is InChI=1S/C28H26/c1-19-15-20(2)28(21(3)16-19)25-17-26(23-11-7-5-8-12-23)22(4)27(18-25)24-13-9-6-10-14-24/h5-18H,1-4H3. The molecule has 0 fully saturated rings. The first kappa shape index (κ1) is 18.3. The van der Waals surface area contributed by atoms with Crippen LogP contribution in [0.1, 0.15) is 22.3 Å². The van der Waals surface area contributed by atoms with Crippen LogP contribution in [0.3, 0.4) is 0 Å². The summed E-state index contributed by atoms with van der Waals surface area (Å²) in [5.41, 5.74) is 13.1. The largest absolute Gasteiger partial charge is 0.0622 e. The normalized spacial score (nSPS) is 10.9. The second-order valence-electron chi connectivity index (χ2n) is 7.70. The molecule has 4 aromatic rings. The lowest BCUT2D eigenvalue weighted by molar-refractivity contribution is 1.32. The van der Waals surface area contributed by atoms with Gasteiger partial charge >= 0.3 is 0 Å². The summed E-state index contributed by atoms with van der Waals surface area (Å²) in [6.07, 6.45) is 0. The highest BCUT2D eigenvalue weighted by molar-refractivity contribution is 5.86. The van der Waals surface area contributed by atoms with Gasteiger partial charge in [0.05, 0.1) is 0 Å². The summed E-state index contributed by atoms with van der Waals surface area (Å²) in [6, 6.07) is 30.7. The summed E-state index contributed by atoms with van der Waals surface area (Å²) in [6.45, 7) is 8.85. The van der Waals surface area contributed by atoms with Gasteiger partial charge in [-0.3, -0.25) is 0 Å². The smallest absolute Gasteiger partial charge is 0.0125 e. The van der Waals surface area contributed by atoms with Crippen molar-refractivity contribution in [1.29, 1.82) is 0 Å². The Balaban J connectivity index is 2.03. The number of aryl methyl sites for hydroxylation is 3. The molecule has 28 heavy (non-hydrogen) atoms. The van der Waals surface area contributed by atoms with Gasteiger partial charge in [-0.05, 0) is 89.9 Å². The van der Waals surface area contributed by atoms with E-state index in [0.717, 1.165) is 0 Å². The first-order valence-corrected chi connectivity index (χ1v) is 9.88. The van der Waals surface area contributed by atoms with E-state index in [-0.39, 0.29) is 0 Å². The summed E-state index contributed by atoms with van der Waals surface area (Å²) < 4.78 is 0. The van der Waals surface area contributed by atoms with Gasteiger partial charge < -0.3 is 0 Å². The van der Waals surface area contributed by atoms with Crippen molar-refractivity contribution >= 4 is 0 Å². The van der Waals surface area contributed by atoms with Gasteiger partial charge in [0.15, 0.2) is 0 Å². The maximum atomic E-state index is 2.36. The third-order valence-corrected chi connectivity index (χ3v) is 5.54. The highest BCUT2D eigenvalue weighted by atomic mass is 14.2. The van der Waals surface area contributed by atoms with E-state index >= 15 is 0 Å². The Morgan fingerprint density at radius 2 is 0.893 bits per heavy atom. The summed E-state index contributed by atoms with van der Waals surface area (Å²) >= 11 is 0. The van der Waals surface area contributed by atoms with Crippen LogP contribution in [0.15, 0.2) is 84.9 Å². The SMILES string of the molecule is Cc1cc(C)c(-c2cc(-c3ccccc3)c(C)c(-c3ccccc3)c2)c(C)c1. The third kappa shape index (κ3) is 3.39. The zero-order valence-corrected chi connectivity index (χ0v) is 17.1. The lowest BCUT2D eigenvalue weighted by atomic mass is 9.86. The zero-order valence-electron chi connectivity index (χ0n) is 17.1. The van der Waals surface area contributed by atoms with Gasteiger partial charge in [-0.15, -0.1) is 0 Å². The van der Waals surface area contributed by atoms with Gasteiger partial charge in [-0.2, -0.15) is 0 Å². The van der Waals surface area contributed by atoms with E-state index < -0.39 is 0 Å². The molecule has 0 nitrogen and oxygen atoms in total. The molecule has 0 aliphatic rings. The Labute approximate surface area is 168 Å². The number of rotatable bonds is 3. The van der Waals surface area contributed by atoms with Crippen LogP contribution < -0.4 is 0 Å². The molecule has 0 aromatic heterocycles. The van der Waals surface area contributed by atoms with Crippen LogP contribution in [0.25, 0.3) is 33.4 Å². The van der Waals surface area contributed by atoms with E-state index in [0.29, 0.717) is 0 Å². The predicted molar refractivity (Wildman–Crippen MR) is 122 cm³/mol. The average molecular weight is 363 g/mol. The molecule has 0 aliphatic heterocycles. The molecule has 0 radical (unpaired) electrons. The lowest BCUT2D eigenvalue weighted by Gasteiger charge is -2.18. The fourth-order valence-electron chi connectivity index (χ4n) is 4.33. The van der Waals surface area contributed by atoms with Crippen molar-refractivity contribution in [3.8, 4) is 33.4 Å². The molecule has 0 heteroatoms. The molecule has 4 aromatic carbocycles. The second-order valence-corrected chi connectivity index (χ2v) is 7.70. The van der Waals surface area contributed by atoms with E-state index in [1.54, 1.807) is 0 Å². The molecule has 138 valence electrons. The van der Waals surface area contributed by atoms with E-state index in [1.807, 2.05) is 0 Å². The van der Waals surface area contributed by atoms with Crippen LogP contribution >= 0.6 is 0 Å². The highest BCUT2D eigenvalue weighted by Crippen LogP contribution is 2.38. The maximum Gasteiger partial charge on any atom is -0.0125 e. The Hall–Kier alpha value is -3.12. The molecule has 0 amide bonds. The monoisotopic (exact) mass is 362 g/mol. The van der Waals surface area contributed by atoms with Crippen molar-refractivity contribution in [2.24, 2.45) is 0 Å². The average Bonchev–Trinajstić information content (AvgIpc) is 2.69. The third-order valence-electron chi connectivity index (χ3n) is 5.54. The van der Waals surface area contributed by atoms with E-state index in [4.69, 9.17) is 0 Å². The Kier molecular flexibility index (Phi) is 4.88. The fourth-order valence-corrected chi connectivity index (χ4v) is 4.33. The van der Waals surface area contributed by atoms with Crippen molar-refractivity contribution in [1.82, 2.24) is 0 Å². The summed E-state index contributed by atoms with van der Waals surface area (Å²) in [5, 5.41) is 0. The molecule has 4 rings (SSSR count). The Morgan fingerprint density at radius 1 is 0.464 bits per heavy atom. The molecule has 0 aliphatic carbocycles. The molecule has 0 unspecified atom stereocenters. The molecule has 0 atom stereocenters. The molecule has 0 saturated carbocycles. The Morgan fingerprint density at radius 3 is 1.32 bits per heavy atom. The van der Waals surface area contributed by atoms with Crippen LogP contribution in [-0.2, 0) is 0 Å². The van der Waals surface area contributed by atoms with Crippen LogP contribution in [0, 0.1) is 27.7 Å². The first-order valence-electron chi connectivity index (χ1n) is 9.88. The highest BCUT2D eigenvalue weighted by Gasteiger charge is 2.14. The fraction of sp³-hybridized carbons (Fsp3) is 0.143. The maximum absolute atomic E-state index is 2.36. The predicted octanol–water partition coefficient (Wildman–Crippen LogP) is 7.92. The van der Waals surface area contributed by atoms with Gasteiger partial charge in [0, 0.05) is 0 Å². The van der Waals surface area contributed by atoms with Gasteiger partial charge in [0.1, 0.15) is 0 Å². The van der Waals surface area contributed by atoms with Crippen LogP contribution in [-0.4, -0.2) is 0 Å². The molecule has 0 N–H and O–H groups in total. The van der Waals surface area contributed by atoms with Crippen molar-refractivity contribution in [3.05, 3.63) is 107 Å². The molecular weight excluding hydrogens is 336 g/mol. The minimum absolute atomic E-state index is 1.27. The van der Waals surface area contributed by atoms with Crippen LogP contribution in [0.2, 0.25) is 0 Å². The molecule has 0 saturated heterocycles. The van der Waals surface area contributed by atoms with Crippen molar-refractivity contribution < 1.29 is 0 Å².